The fraction of sp³-hybridized carbons (Fsp3) is 0. The molecule has 4 aromatic rings. The zero-order chi connectivity index (χ0) is 19.2. The Balaban J connectivity index is 1.69. The van der Waals surface area contributed by atoms with E-state index < -0.39 is 0 Å². The minimum atomic E-state index is -0.323. The van der Waals surface area contributed by atoms with E-state index in [9.17, 15) is 4.39 Å². The number of halogens is 1. The van der Waals surface area contributed by atoms with Gasteiger partial charge in [0.1, 0.15) is 10.8 Å². The Morgan fingerprint density at radius 2 is 1.43 bits per heavy atom. The Hall–Kier alpha value is -3.17. The highest BCUT2D eigenvalue weighted by molar-refractivity contribution is 7.99. The minimum absolute atomic E-state index is 0.323. The Bertz CT molecular complexity index is 1030. The van der Waals surface area contributed by atoms with Crippen LogP contribution in [-0.2, 0) is 0 Å². The number of pyridine rings is 1. The predicted octanol–water partition coefficient (Wildman–Crippen LogP) is 6.96. The molecule has 1 nitrogen and oxygen atoms in total. The van der Waals surface area contributed by atoms with Crippen molar-refractivity contribution in [3.8, 4) is 0 Å². The Labute approximate surface area is 168 Å². The molecule has 0 fully saturated rings. The van der Waals surface area contributed by atoms with E-state index in [1.807, 2.05) is 24.3 Å². The standard InChI is InChI=1S/C25H18FNS/c26-22-14-15-25(27-18-22)28-23-13-7-8-19(16-23)17-24(20-9-3-1-4-10-20)21-11-5-2-6-12-21/h1-18H. The molecule has 0 unspecified atom stereocenters. The van der Waals surface area contributed by atoms with E-state index in [4.69, 9.17) is 0 Å². The molecule has 0 amide bonds. The molecule has 28 heavy (non-hydrogen) atoms. The lowest BCUT2D eigenvalue weighted by Crippen LogP contribution is -1.88. The molecule has 0 aliphatic heterocycles. The first kappa shape index (κ1) is 18.2. The average Bonchev–Trinajstić information content (AvgIpc) is 2.75. The average molecular weight is 383 g/mol. The van der Waals surface area contributed by atoms with Gasteiger partial charge >= 0.3 is 0 Å². The second kappa shape index (κ2) is 8.68. The molecule has 1 heterocycles. The highest BCUT2D eigenvalue weighted by Gasteiger charge is 2.06. The summed E-state index contributed by atoms with van der Waals surface area (Å²) in [5.74, 6) is -0.323. The van der Waals surface area contributed by atoms with Gasteiger partial charge < -0.3 is 0 Å². The summed E-state index contributed by atoms with van der Waals surface area (Å²) in [6, 6.07) is 32.2. The van der Waals surface area contributed by atoms with Crippen molar-refractivity contribution in [1.82, 2.24) is 4.98 Å². The molecule has 0 atom stereocenters. The first-order valence-electron chi connectivity index (χ1n) is 9.00. The van der Waals surface area contributed by atoms with E-state index in [1.54, 1.807) is 6.07 Å². The highest BCUT2D eigenvalue weighted by atomic mass is 32.2. The quantitative estimate of drug-likeness (QED) is 0.345. The summed E-state index contributed by atoms with van der Waals surface area (Å²) >= 11 is 1.52. The summed E-state index contributed by atoms with van der Waals surface area (Å²) in [6.45, 7) is 0. The van der Waals surface area contributed by atoms with Crippen LogP contribution in [0.3, 0.4) is 0 Å². The first-order valence-corrected chi connectivity index (χ1v) is 9.81. The molecule has 136 valence electrons. The van der Waals surface area contributed by atoms with Crippen molar-refractivity contribution in [3.63, 3.8) is 0 Å². The van der Waals surface area contributed by atoms with Gasteiger partial charge in [0.15, 0.2) is 0 Å². The predicted molar refractivity (Wildman–Crippen MR) is 115 cm³/mol. The van der Waals surface area contributed by atoms with Crippen LogP contribution in [0.15, 0.2) is 113 Å². The summed E-state index contributed by atoms with van der Waals surface area (Å²) in [5, 5.41) is 0.772. The SMILES string of the molecule is Fc1ccc(Sc2cccc(C=C(c3ccccc3)c3ccccc3)c2)nc1. The second-order valence-electron chi connectivity index (χ2n) is 6.28. The van der Waals surface area contributed by atoms with Crippen molar-refractivity contribution in [1.29, 1.82) is 0 Å². The molecule has 0 N–H and O–H groups in total. The van der Waals surface area contributed by atoms with E-state index in [0.717, 1.165) is 15.5 Å². The van der Waals surface area contributed by atoms with Crippen LogP contribution in [-0.4, -0.2) is 4.98 Å². The molecule has 4 rings (SSSR count). The molecule has 3 aromatic carbocycles. The Morgan fingerprint density at radius 1 is 0.750 bits per heavy atom. The molecule has 0 spiro atoms. The van der Waals surface area contributed by atoms with E-state index in [0.29, 0.717) is 0 Å². The monoisotopic (exact) mass is 383 g/mol. The van der Waals surface area contributed by atoms with Gasteiger partial charge in [-0.05, 0) is 52.6 Å². The third-order valence-corrected chi connectivity index (χ3v) is 5.20. The Morgan fingerprint density at radius 3 is 2.04 bits per heavy atom. The smallest absolute Gasteiger partial charge is 0.141 e. The highest BCUT2D eigenvalue weighted by Crippen LogP contribution is 2.30. The molecule has 3 heteroatoms. The molecule has 0 aliphatic rings. The van der Waals surface area contributed by atoms with Crippen LogP contribution in [0.1, 0.15) is 16.7 Å². The molecule has 0 aliphatic carbocycles. The molecular weight excluding hydrogens is 365 g/mol. The van der Waals surface area contributed by atoms with Crippen LogP contribution in [0, 0.1) is 5.82 Å². The van der Waals surface area contributed by atoms with E-state index in [2.05, 4.69) is 71.7 Å². The van der Waals surface area contributed by atoms with Gasteiger partial charge in [-0.3, -0.25) is 0 Å². The third kappa shape index (κ3) is 4.56. The fourth-order valence-electron chi connectivity index (χ4n) is 2.95. The van der Waals surface area contributed by atoms with Gasteiger partial charge in [-0.2, -0.15) is 0 Å². The zero-order valence-corrected chi connectivity index (χ0v) is 15.9. The minimum Gasteiger partial charge on any atom is -0.247 e. The number of aromatic nitrogens is 1. The van der Waals surface area contributed by atoms with Crippen molar-refractivity contribution >= 4 is 23.4 Å². The first-order chi connectivity index (χ1) is 13.8. The topological polar surface area (TPSA) is 12.9 Å². The van der Waals surface area contributed by atoms with Crippen LogP contribution < -0.4 is 0 Å². The van der Waals surface area contributed by atoms with Crippen molar-refractivity contribution in [3.05, 3.63) is 126 Å². The summed E-state index contributed by atoms with van der Waals surface area (Å²) in [7, 11) is 0. The van der Waals surface area contributed by atoms with Crippen LogP contribution in [0.25, 0.3) is 11.6 Å². The van der Waals surface area contributed by atoms with Gasteiger partial charge in [0.2, 0.25) is 0 Å². The number of rotatable bonds is 5. The van der Waals surface area contributed by atoms with E-state index in [-0.39, 0.29) is 5.82 Å². The number of hydrogen-bond acceptors (Lipinski definition) is 2. The molecule has 0 saturated carbocycles. The maximum absolute atomic E-state index is 13.1. The van der Waals surface area contributed by atoms with E-state index in [1.165, 1.54) is 40.7 Å². The second-order valence-corrected chi connectivity index (χ2v) is 7.37. The van der Waals surface area contributed by atoms with Crippen molar-refractivity contribution in [2.24, 2.45) is 0 Å². The van der Waals surface area contributed by atoms with Crippen LogP contribution >= 0.6 is 11.8 Å². The molecule has 0 radical (unpaired) electrons. The summed E-state index contributed by atoms with van der Waals surface area (Å²) < 4.78 is 13.1. The lowest BCUT2D eigenvalue weighted by Gasteiger charge is -2.09. The lowest BCUT2D eigenvalue weighted by molar-refractivity contribution is 0.618. The number of nitrogens with zero attached hydrogens (tertiary/aromatic N) is 1. The van der Waals surface area contributed by atoms with Crippen molar-refractivity contribution < 1.29 is 4.39 Å². The van der Waals surface area contributed by atoms with Gasteiger partial charge in [-0.15, -0.1) is 0 Å². The van der Waals surface area contributed by atoms with Gasteiger partial charge in [0.25, 0.3) is 0 Å². The molecule has 0 bridgehead atoms. The summed E-state index contributed by atoms with van der Waals surface area (Å²) in [6.07, 6.45) is 3.45. The zero-order valence-electron chi connectivity index (χ0n) is 15.1. The maximum Gasteiger partial charge on any atom is 0.141 e. The summed E-state index contributed by atoms with van der Waals surface area (Å²) in [5.41, 5.74) is 4.62. The summed E-state index contributed by atoms with van der Waals surface area (Å²) in [4.78, 5) is 5.20. The van der Waals surface area contributed by atoms with E-state index >= 15 is 0 Å². The fourth-order valence-corrected chi connectivity index (χ4v) is 3.77. The van der Waals surface area contributed by atoms with Crippen LogP contribution in [0.5, 0.6) is 0 Å². The third-order valence-electron chi connectivity index (χ3n) is 4.26. The van der Waals surface area contributed by atoms with Crippen molar-refractivity contribution in [2.45, 2.75) is 9.92 Å². The largest absolute Gasteiger partial charge is 0.247 e. The normalized spacial score (nSPS) is 10.5. The van der Waals surface area contributed by atoms with Crippen LogP contribution in [0.4, 0.5) is 4.39 Å². The van der Waals surface area contributed by atoms with Gasteiger partial charge in [0, 0.05) is 4.90 Å². The van der Waals surface area contributed by atoms with Gasteiger partial charge in [-0.1, -0.05) is 84.6 Å². The molecule has 0 saturated heterocycles. The van der Waals surface area contributed by atoms with Gasteiger partial charge in [0.05, 0.1) is 6.20 Å². The number of hydrogen-bond donors (Lipinski definition) is 0. The molecule has 1 aromatic heterocycles. The lowest BCUT2D eigenvalue weighted by atomic mass is 9.96. The van der Waals surface area contributed by atoms with Crippen molar-refractivity contribution in [2.75, 3.05) is 0 Å². The van der Waals surface area contributed by atoms with Crippen LogP contribution in [0.2, 0.25) is 0 Å². The Kier molecular flexibility index (Phi) is 5.64. The maximum atomic E-state index is 13.1. The number of benzene rings is 3. The molecular formula is C25H18FNS. The van der Waals surface area contributed by atoms with Gasteiger partial charge in [-0.25, -0.2) is 9.37 Å².